The molecule has 0 saturated carbocycles. The minimum absolute atomic E-state index is 0.0667. The van der Waals surface area contributed by atoms with Crippen LogP contribution in [-0.2, 0) is 4.74 Å². The summed E-state index contributed by atoms with van der Waals surface area (Å²) in [6, 6.07) is 0. The highest BCUT2D eigenvalue weighted by molar-refractivity contribution is 4.76. The fraction of sp³-hybridized carbons (Fsp3) is 1.00. The first-order valence-corrected chi connectivity index (χ1v) is 4.31. The molecule has 0 rings (SSSR count). The quantitative estimate of drug-likeness (QED) is 0.664. The molecule has 0 spiro atoms. The first-order chi connectivity index (χ1) is 5.06. The number of hydrogen-bond acceptors (Lipinski definition) is 2. The van der Waals surface area contributed by atoms with Crippen LogP contribution in [0.15, 0.2) is 0 Å². The highest BCUT2D eigenvalue weighted by Crippen LogP contribution is 2.24. The van der Waals surface area contributed by atoms with Gasteiger partial charge in [0.15, 0.2) is 0 Å². The van der Waals surface area contributed by atoms with E-state index in [1.807, 2.05) is 0 Å². The summed E-state index contributed by atoms with van der Waals surface area (Å²) in [6.45, 7) is 9.04. The molecule has 0 saturated heterocycles. The van der Waals surface area contributed by atoms with Crippen molar-refractivity contribution in [3.63, 3.8) is 0 Å². The molecule has 1 atom stereocenters. The average Bonchev–Trinajstić information content (AvgIpc) is 2.00. The van der Waals surface area contributed by atoms with Crippen LogP contribution in [0.2, 0.25) is 0 Å². The summed E-state index contributed by atoms with van der Waals surface area (Å²) in [5.41, 5.74) is -0.0667. The Kier molecular flexibility index (Phi) is 4.69. The van der Waals surface area contributed by atoms with Gasteiger partial charge in [-0.1, -0.05) is 20.8 Å². The summed E-state index contributed by atoms with van der Waals surface area (Å²) in [4.78, 5) is 0. The van der Waals surface area contributed by atoms with Gasteiger partial charge in [0.1, 0.15) is 0 Å². The maximum absolute atomic E-state index is 8.58. The van der Waals surface area contributed by atoms with E-state index in [1.165, 1.54) is 0 Å². The van der Waals surface area contributed by atoms with Crippen molar-refractivity contribution in [1.29, 1.82) is 0 Å². The summed E-state index contributed by atoms with van der Waals surface area (Å²) in [5.74, 6) is 0.499. The summed E-state index contributed by atoms with van der Waals surface area (Å²) >= 11 is 0. The Labute approximate surface area is 69.6 Å². The van der Waals surface area contributed by atoms with Gasteiger partial charge in [-0.05, 0) is 19.3 Å². The minimum Gasteiger partial charge on any atom is -0.394 e. The molecule has 1 N–H and O–H groups in total. The Morgan fingerprint density at radius 2 is 2.00 bits per heavy atom. The number of ether oxygens (including phenoxy) is 1. The SMILES string of the molecule is CCC(C)(OCCO)C(C)C. The second-order valence-corrected chi connectivity index (χ2v) is 3.39. The van der Waals surface area contributed by atoms with Gasteiger partial charge in [-0.2, -0.15) is 0 Å². The standard InChI is InChI=1S/C9H20O2/c1-5-9(4,8(2)3)11-7-6-10/h8,10H,5-7H2,1-4H3. The molecule has 11 heavy (non-hydrogen) atoms. The van der Waals surface area contributed by atoms with Crippen molar-refractivity contribution in [2.24, 2.45) is 5.92 Å². The zero-order valence-corrected chi connectivity index (χ0v) is 8.05. The molecule has 0 heterocycles. The third kappa shape index (κ3) is 3.21. The van der Waals surface area contributed by atoms with Crippen molar-refractivity contribution < 1.29 is 9.84 Å². The first kappa shape index (κ1) is 10.9. The fourth-order valence-electron chi connectivity index (χ4n) is 0.956. The molecule has 0 amide bonds. The Morgan fingerprint density at radius 1 is 1.45 bits per heavy atom. The zero-order chi connectivity index (χ0) is 8.91. The van der Waals surface area contributed by atoms with Gasteiger partial charge in [0.05, 0.1) is 18.8 Å². The Morgan fingerprint density at radius 3 is 2.27 bits per heavy atom. The maximum atomic E-state index is 8.58. The molecule has 0 bridgehead atoms. The van der Waals surface area contributed by atoms with Crippen LogP contribution in [-0.4, -0.2) is 23.9 Å². The van der Waals surface area contributed by atoms with Crippen LogP contribution in [0.5, 0.6) is 0 Å². The van der Waals surface area contributed by atoms with Gasteiger partial charge < -0.3 is 9.84 Å². The monoisotopic (exact) mass is 160 g/mol. The minimum atomic E-state index is -0.0667. The molecule has 0 aliphatic carbocycles. The van der Waals surface area contributed by atoms with Gasteiger partial charge >= 0.3 is 0 Å². The van der Waals surface area contributed by atoms with E-state index in [0.29, 0.717) is 12.5 Å². The molecule has 0 aromatic carbocycles. The van der Waals surface area contributed by atoms with E-state index in [4.69, 9.17) is 9.84 Å². The fourth-order valence-corrected chi connectivity index (χ4v) is 0.956. The van der Waals surface area contributed by atoms with Crippen molar-refractivity contribution in [2.75, 3.05) is 13.2 Å². The molecule has 68 valence electrons. The van der Waals surface area contributed by atoms with Crippen LogP contribution < -0.4 is 0 Å². The number of hydrogen-bond donors (Lipinski definition) is 1. The molecule has 0 fully saturated rings. The van der Waals surface area contributed by atoms with Crippen molar-refractivity contribution >= 4 is 0 Å². The Hall–Kier alpha value is -0.0800. The van der Waals surface area contributed by atoms with Gasteiger partial charge in [0.2, 0.25) is 0 Å². The Bertz CT molecular complexity index is 102. The van der Waals surface area contributed by atoms with Gasteiger partial charge in [-0.3, -0.25) is 0 Å². The molecule has 0 aliphatic rings. The van der Waals surface area contributed by atoms with Gasteiger partial charge in [0, 0.05) is 0 Å². The van der Waals surface area contributed by atoms with Crippen molar-refractivity contribution in [1.82, 2.24) is 0 Å². The molecular weight excluding hydrogens is 140 g/mol. The predicted molar refractivity (Wildman–Crippen MR) is 46.6 cm³/mol. The van der Waals surface area contributed by atoms with Crippen LogP contribution in [0.4, 0.5) is 0 Å². The van der Waals surface area contributed by atoms with Crippen LogP contribution >= 0.6 is 0 Å². The number of aliphatic hydroxyl groups is 1. The molecule has 0 aliphatic heterocycles. The lowest BCUT2D eigenvalue weighted by Crippen LogP contribution is -2.35. The highest BCUT2D eigenvalue weighted by atomic mass is 16.5. The molecular formula is C9H20O2. The maximum Gasteiger partial charge on any atom is 0.0705 e. The van der Waals surface area contributed by atoms with E-state index in [9.17, 15) is 0 Å². The van der Waals surface area contributed by atoms with Gasteiger partial charge in [-0.15, -0.1) is 0 Å². The third-order valence-corrected chi connectivity index (χ3v) is 2.45. The zero-order valence-electron chi connectivity index (χ0n) is 8.05. The number of rotatable bonds is 5. The second-order valence-electron chi connectivity index (χ2n) is 3.39. The van der Waals surface area contributed by atoms with Crippen molar-refractivity contribution in [3.05, 3.63) is 0 Å². The smallest absolute Gasteiger partial charge is 0.0705 e. The number of aliphatic hydroxyl groups excluding tert-OH is 1. The summed E-state index contributed by atoms with van der Waals surface area (Å²) in [5, 5.41) is 8.58. The topological polar surface area (TPSA) is 29.5 Å². The summed E-state index contributed by atoms with van der Waals surface area (Å²) in [7, 11) is 0. The lowest BCUT2D eigenvalue weighted by Gasteiger charge is -2.32. The van der Waals surface area contributed by atoms with Crippen molar-refractivity contribution in [3.8, 4) is 0 Å². The average molecular weight is 160 g/mol. The second kappa shape index (κ2) is 4.73. The largest absolute Gasteiger partial charge is 0.394 e. The lowest BCUT2D eigenvalue weighted by atomic mass is 9.90. The van der Waals surface area contributed by atoms with E-state index in [2.05, 4.69) is 27.7 Å². The molecule has 1 unspecified atom stereocenters. The molecule has 0 aromatic heterocycles. The molecule has 0 aromatic rings. The van der Waals surface area contributed by atoms with Crippen LogP contribution in [0.1, 0.15) is 34.1 Å². The Balaban J connectivity index is 3.88. The van der Waals surface area contributed by atoms with E-state index in [1.54, 1.807) is 0 Å². The molecule has 2 nitrogen and oxygen atoms in total. The van der Waals surface area contributed by atoms with Gasteiger partial charge in [-0.25, -0.2) is 0 Å². The van der Waals surface area contributed by atoms with Crippen molar-refractivity contribution in [2.45, 2.75) is 39.7 Å². The van der Waals surface area contributed by atoms with E-state index >= 15 is 0 Å². The van der Waals surface area contributed by atoms with E-state index in [0.717, 1.165) is 6.42 Å². The van der Waals surface area contributed by atoms with E-state index < -0.39 is 0 Å². The lowest BCUT2D eigenvalue weighted by molar-refractivity contribution is -0.0774. The first-order valence-electron chi connectivity index (χ1n) is 4.31. The summed E-state index contributed by atoms with van der Waals surface area (Å²) < 4.78 is 5.54. The summed E-state index contributed by atoms with van der Waals surface area (Å²) in [6.07, 6.45) is 0.991. The van der Waals surface area contributed by atoms with Crippen LogP contribution in [0, 0.1) is 5.92 Å². The molecule has 2 heteroatoms. The van der Waals surface area contributed by atoms with Crippen LogP contribution in [0.25, 0.3) is 0 Å². The normalized spacial score (nSPS) is 16.9. The van der Waals surface area contributed by atoms with Gasteiger partial charge in [0.25, 0.3) is 0 Å². The van der Waals surface area contributed by atoms with E-state index in [-0.39, 0.29) is 12.2 Å². The predicted octanol–water partition coefficient (Wildman–Crippen LogP) is 1.82. The highest BCUT2D eigenvalue weighted by Gasteiger charge is 2.26. The van der Waals surface area contributed by atoms with Crippen LogP contribution in [0.3, 0.4) is 0 Å². The third-order valence-electron chi connectivity index (χ3n) is 2.45. The molecule has 0 radical (unpaired) electrons.